The first-order chi connectivity index (χ1) is 8.04. The van der Waals surface area contributed by atoms with Crippen molar-refractivity contribution >= 4 is 5.91 Å². The molecule has 0 bridgehead atoms. The summed E-state index contributed by atoms with van der Waals surface area (Å²) in [6.45, 7) is 10.4. The number of aryl methyl sites for hydroxylation is 2. The van der Waals surface area contributed by atoms with Crippen LogP contribution in [0, 0.1) is 13.8 Å². The molecule has 0 aromatic carbocycles. The highest BCUT2D eigenvalue weighted by atomic mass is 16.3. The molecule has 5 nitrogen and oxygen atoms in total. The number of nitrogens with one attached hydrogen (secondary N) is 1. The van der Waals surface area contributed by atoms with E-state index in [-0.39, 0.29) is 5.91 Å². The van der Waals surface area contributed by atoms with Crippen molar-refractivity contribution < 1.29 is 9.90 Å². The van der Waals surface area contributed by atoms with E-state index in [1.807, 2.05) is 0 Å². The minimum absolute atomic E-state index is 0.252. The smallest absolute Gasteiger partial charge is 0.253 e. The van der Waals surface area contributed by atoms with Crippen LogP contribution in [-0.4, -0.2) is 32.4 Å². The second-order valence-corrected chi connectivity index (χ2v) is 5.62. The largest absolute Gasteiger partial charge is 0.388 e. The number of amides is 1. The average Bonchev–Trinajstić information content (AvgIpc) is 2.19. The van der Waals surface area contributed by atoms with Gasteiger partial charge >= 0.3 is 0 Å². The lowest BCUT2D eigenvalue weighted by atomic mass is 9.85. The topological polar surface area (TPSA) is 75.1 Å². The molecule has 0 unspecified atom stereocenters. The van der Waals surface area contributed by atoms with E-state index in [1.54, 1.807) is 47.6 Å². The Kier molecular flexibility index (Phi) is 3.76. The molecule has 100 valence electrons. The Morgan fingerprint density at radius 3 is 2.28 bits per heavy atom. The lowest BCUT2D eigenvalue weighted by Gasteiger charge is -2.38. The van der Waals surface area contributed by atoms with E-state index in [9.17, 15) is 9.90 Å². The van der Waals surface area contributed by atoms with Crippen LogP contribution in [0.5, 0.6) is 0 Å². The molecule has 18 heavy (non-hydrogen) atoms. The minimum Gasteiger partial charge on any atom is -0.388 e. The van der Waals surface area contributed by atoms with Gasteiger partial charge in [-0.25, -0.2) is 0 Å². The van der Waals surface area contributed by atoms with Crippen molar-refractivity contribution in [2.45, 2.75) is 52.7 Å². The zero-order valence-electron chi connectivity index (χ0n) is 11.8. The molecule has 0 atom stereocenters. The van der Waals surface area contributed by atoms with Gasteiger partial charge in [0.2, 0.25) is 0 Å². The Morgan fingerprint density at radius 1 is 1.22 bits per heavy atom. The SMILES string of the molecule is Cc1cc(C(=O)NC(C)(C)C(C)(C)O)c(C)nn1. The molecule has 2 N–H and O–H groups in total. The van der Waals surface area contributed by atoms with Gasteiger partial charge in [-0.2, -0.15) is 10.2 Å². The molecule has 1 heterocycles. The summed E-state index contributed by atoms with van der Waals surface area (Å²) in [4.78, 5) is 12.2. The molecule has 0 radical (unpaired) electrons. The Hall–Kier alpha value is -1.49. The second-order valence-electron chi connectivity index (χ2n) is 5.62. The van der Waals surface area contributed by atoms with E-state index in [2.05, 4.69) is 15.5 Å². The fourth-order valence-electron chi connectivity index (χ4n) is 1.28. The van der Waals surface area contributed by atoms with E-state index in [4.69, 9.17) is 0 Å². The Bertz CT molecular complexity index is 462. The van der Waals surface area contributed by atoms with Gasteiger partial charge in [-0.15, -0.1) is 0 Å². The predicted octanol–water partition coefficient (Wildman–Crippen LogP) is 1.37. The molecule has 5 heteroatoms. The number of rotatable bonds is 3. The van der Waals surface area contributed by atoms with Crippen molar-refractivity contribution in [1.29, 1.82) is 0 Å². The maximum absolute atomic E-state index is 12.2. The number of hydrogen-bond acceptors (Lipinski definition) is 4. The summed E-state index contributed by atoms with van der Waals surface area (Å²) in [6.07, 6.45) is 0. The predicted molar refractivity (Wildman–Crippen MR) is 69.3 cm³/mol. The fraction of sp³-hybridized carbons (Fsp3) is 0.615. The maximum Gasteiger partial charge on any atom is 0.253 e. The summed E-state index contributed by atoms with van der Waals surface area (Å²) in [7, 11) is 0. The lowest BCUT2D eigenvalue weighted by Crippen LogP contribution is -2.57. The first-order valence-corrected chi connectivity index (χ1v) is 5.90. The van der Waals surface area contributed by atoms with E-state index in [1.165, 1.54) is 0 Å². The van der Waals surface area contributed by atoms with Crippen molar-refractivity contribution in [3.8, 4) is 0 Å². The molecule has 0 spiro atoms. The van der Waals surface area contributed by atoms with Gasteiger partial charge in [-0.3, -0.25) is 4.79 Å². The Labute approximate surface area is 108 Å². The number of aromatic nitrogens is 2. The molecule has 0 saturated carbocycles. The first kappa shape index (κ1) is 14.6. The molecule has 0 fully saturated rings. The van der Waals surface area contributed by atoms with E-state index >= 15 is 0 Å². The molecule has 1 aromatic heterocycles. The lowest BCUT2D eigenvalue weighted by molar-refractivity contribution is -0.00295. The van der Waals surface area contributed by atoms with Crippen LogP contribution in [0.15, 0.2) is 6.07 Å². The van der Waals surface area contributed by atoms with Crippen LogP contribution in [0.4, 0.5) is 0 Å². The summed E-state index contributed by atoms with van der Waals surface area (Å²) in [6, 6.07) is 1.69. The van der Waals surface area contributed by atoms with E-state index < -0.39 is 11.1 Å². The highest BCUT2D eigenvalue weighted by molar-refractivity contribution is 5.95. The number of aliphatic hydroxyl groups is 1. The van der Waals surface area contributed by atoms with Crippen LogP contribution < -0.4 is 5.32 Å². The maximum atomic E-state index is 12.2. The monoisotopic (exact) mass is 251 g/mol. The molecule has 1 amide bonds. The van der Waals surface area contributed by atoms with Crippen LogP contribution in [0.25, 0.3) is 0 Å². The van der Waals surface area contributed by atoms with E-state index in [0.717, 1.165) is 0 Å². The zero-order chi connectivity index (χ0) is 14.1. The third kappa shape index (κ3) is 3.04. The van der Waals surface area contributed by atoms with Gasteiger partial charge < -0.3 is 10.4 Å². The van der Waals surface area contributed by atoms with Crippen LogP contribution in [0.3, 0.4) is 0 Å². The standard InChI is InChI=1S/C13H21N3O2/c1-8-7-10(9(2)16-15-8)11(17)14-12(3,4)13(5,6)18/h7,18H,1-6H3,(H,14,17). The third-order valence-corrected chi connectivity index (χ3v) is 3.30. The molecule has 0 aliphatic carbocycles. The molecular formula is C13H21N3O2. The van der Waals surface area contributed by atoms with E-state index in [0.29, 0.717) is 17.0 Å². The first-order valence-electron chi connectivity index (χ1n) is 5.90. The van der Waals surface area contributed by atoms with Crippen molar-refractivity contribution in [3.63, 3.8) is 0 Å². The number of carbonyl (C=O) groups is 1. The Balaban J connectivity index is 3.00. The van der Waals surface area contributed by atoms with Crippen LogP contribution >= 0.6 is 0 Å². The van der Waals surface area contributed by atoms with Crippen molar-refractivity contribution in [1.82, 2.24) is 15.5 Å². The van der Waals surface area contributed by atoms with Gasteiger partial charge in [0.1, 0.15) is 0 Å². The third-order valence-electron chi connectivity index (χ3n) is 3.30. The molecule has 1 aromatic rings. The van der Waals surface area contributed by atoms with Gasteiger partial charge in [0.05, 0.1) is 28.1 Å². The summed E-state index contributed by atoms with van der Waals surface area (Å²) >= 11 is 0. The quantitative estimate of drug-likeness (QED) is 0.851. The minimum atomic E-state index is -1.02. The molecule has 0 saturated heterocycles. The van der Waals surface area contributed by atoms with Gasteiger partial charge in [0.15, 0.2) is 0 Å². The van der Waals surface area contributed by atoms with Gasteiger partial charge in [-0.1, -0.05) is 0 Å². The van der Waals surface area contributed by atoms with Gasteiger partial charge in [0, 0.05) is 0 Å². The normalized spacial score (nSPS) is 12.4. The molecule has 0 aliphatic rings. The fourth-order valence-corrected chi connectivity index (χ4v) is 1.28. The summed E-state index contributed by atoms with van der Waals surface area (Å²) < 4.78 is 0. The number of nitrogens with zero attached hydrogens (tertiary/aromatic N) is 2. The highest BCUT2D eigenvalue weighted by Gasteiger charge is 2.36. The van der Waals surface area contributed by atoms with Crippen molar-refractivity contribution in [3.05, 3.63) is 23.0 Å². The van der Waals surface area contributed by atoms with Crippen LogP contribution in [-0.2, 0) is 0 Å². The second kappa shape index (κ2) is 4.65. The van der Waals surface area contributed by atoms with Crippen LogP contribution in [0.2, 0.25) is 0 Å². The Morgan fingerprint density at radius 2 is 1.78 bits per heavy atom. The van der Waals surface area contributed by atoms with Crippen molar-refractivity contribution in [2.75, 3.05) is 0 Å². The number of hydrogen-bond donors (Lipinski definition) is 2. The molecular weight excluding hydrogens is 230 g/mol. The van der Waals surface area contributed by atoms with Gasteiger partial charge in [0.25, 0.3) is 5.91 Å². The molecule has 1 rings (SSSR count). The summed E-state index contributed by atoms with van der Waals surface area (Å²) in [5, 5.41) is 20.7. The van der Waals surface area contributed by atoms with Crippen LogP contribution in [0.1, 0.15) is 49.4 Å². The van der Waals surface area contributed by atoms with Gasteiger partial charge in [-0.05, 0) is 47.6 Å². The highest BCUT2D eigenvalue weighted by Crippen LogP contribution is 2.21. The summed E-state index contributed by atoms with van der Waals surface area (Å²) in [5.74, 6) is -0.252. The average molecular weight is 251 g/mol. The molecule has 0 aliphatic heterocycles. The van der Waals surface area contributed by atoms with Crippen molar-refractivity contribution in [2.24, 2.45) is 0 Å². The zero-order valence-corrected chi connectivity index (χ0v) is 11.8. The number of carbonyl (C=O) groups excluding carboxylic acids is 1. The summed E-state index contributed by atoms with van der Waals surface area (Å²) in [5.41, 5.74) is -0.0176.